The first kappa shape index (κ1) is 12.9. The molecule has 0 radical (unpaired) electrons. The number of anilines is 1. The van der Waals surface area contributed by atoms with Gasteiger partial charge in [0.1, 0.15) is 0 Å². The quantitative estimate of drug-likeness (QED) is 0.885. The van der Waals surface area contributed by atoms with Crippen molar-refractivity contribution in [3.8, 4) is 0 Å². The van der Waals surface area contributed by atoms with Crippen molar-refractivity contribution in [2.75, 3.05) is 31.1 Å². The maximum atomic E-state index is 5.92. The van der Waals surface area contributed by atoms with Gasteiger partial charge in [0.15, 0.2) is 0 Å². The van der Waals surface area contributed by atoms with E-state index in [1.54, 1.807) is 0 Å². The predicted octanol–water partition coefficient (Wildman–Crippen LogP) is 2.38. The number of hydrogen-bond donors (Lipinski definition) is 1. The summed E-state index contributed by atoms with van der Waals surface area (Å²) in [4.78, 5) is 5.23. The van der Waals surface area contributed by atoms with Crippen LogP contribution >= 0.6 is 0 Å². The van der Waals surface area contributed by atoms with Crippen LogP contribution < -0.4 is 10.6 Å². The molecule has 0 bridgehead atoms. The Hall–Kier alpha value is -1.06. The van der Waals surface area contributed by atoms with Crippen molar-refractivity contribution in [2.45, 2.75) is 38.3 Å². The van der Waals surface area contributed by atoms with Gasteiger partial charge >= 0.3 is 0 Å². The van der Waals surface area contributed by atoms with Crippen molar-refractivity contribution in [2.24, 2.45) is 5.73 Å². The second-order valence-electron chi connectivity index (χ2n) is 6.01. The average Bonchev–Trinajstić information content (AvgIpc) is 2.76. The van der Waals surface area contributed by atoms with Gasteiger partial charge in [-0.15, -0.1) is 0 Å². The Labute approximate surface area is 116 Å². The lowest BCUT2D eigenvalue weighted by Crippen LogP contribution is -2.36. The SMILES string of the molecule is CC(N)c1ccc(N2CCCN3CCCC3C2)cc1. The molecule has 3 nitrogen and oxygen atoms in total. The summed E-state index contributed by atoms with van der Waals surface area (Å²) in [6.07, 6.45) is 4.03. The molecule has 2 saturated heterocycles. The highest BCUT2D eigenvalue weighted by Gasteiger charge is 2.28. The largest absolute Gasteiger partial charge is 0.370 e. The highest BCUT2D eigenvalue weighted by molar-refractivity contribution is 5.48. The molecule has 0 saturated carbocycles. The zero-order valence-corrected chi connectivity index (χ0v) is 11.9. The molecule has 3 heteroatoms. The van der Waals surface area contributed by atoms with Crippen LogP contribution in [0.25, 0.3) is 0 Å². The van der Waals surface area contributed by atoms with Crippen LogP contribution in [0.1, 0.15) is 37.8 Å². The third kappa shape index (κ3) is 2.77. The van der Waals surface area contributed by atoms with Crippen molar-refractivity contribution in [3.05, 3.63) is 29.8 Å². The van der Waals surface area contributed by atoms with E-state index >= 15 is 0 Å². The molecular formula is C16H25N3. The summed E-state index contributed by atoms with van der Waals surface area (Å²) in [6.45, 7) is 7.00. The van der Waals surface area contributed by atoms with Gasteiger partial charge in [-0.25, -0.2) is 0 Å². The van der Waals surface area contributed by atoms with Crippen molar-refractivity contribution < 1.29 is 0 Å². The molecule has 2 fully saturated rings. The van der Waals surface area contributed by atoms with E-state index in [2.05, 4.69) is 34.1 Å². The minimum absolute atomic E-state index is 0.128. The predicted molar refractivity (Wildman–Crippen MR) is 80.5 cm³/mol. The van der Waals surface area contributed by atoms with Gasteiger partial charge in [-0.2, -0.15) is 0 Å². The number of nitrogens with zero attached hydrogens (tertiary/aromatic N) is 2. The second kappa shape index (κ2) is 5.51. The lowest BCUT2D eigenvalue weighted by Gasteiger charge is -2.27. The Morgan fingerprint density at radius 1 is 1.11 bits per heavy atom. The van der Waals surface area contributed by atoms with Crippen LogP contribution in [0, 0.1) is 0 Å². The molecule has 0 amide bonds. The van der Waals surface area contributed by atoms with E-state index in [1.807, 2.05) is 6.92 Å². The normalized spacial score (nSPS) is 26.0. The fraction of sp³-hybridized carbons (Fsp3) is 0.625. The van der Waals surface area contributed by atoms with Crippen LogP contribution in [-0.4, -0.2) is 37.1 Å². The summed E-state index contributed by atoms with van der Waals surface area (Å²) in [5.41, 5.74) is 8.50. The minimum Gasteiger partial charge on any atom is -0.370 e. The standard InChI is InChI=1S/C16H25N3/c1-13(17)14-5-7-15(8-6-14)19-11-3-10-18-9-2-4-16(18)12-19/h5-8,13,16H,2-4,9-12,17H2,1H3. The van der Waals surface area contributed by atoms with E-state index in [4.69, 9.17) is 5.73 Å². The van der Waals surface area contributed by atoms with E-state index < -0.39 is 0 Å². The molecule has 2 aliphatic rings. The molecule has 0 aliphatic carbocycles. The first-order valence-corrected chi connectivity index (χ1v) is 7.58. The van der Waals surface area contributed by atoms with Crippen LogP contribution in [0.4, 0.5) is 5.69 Å². The molecule has 3 rings (SSSR count). The summed E-state index contributed by atoms with van der Waals surface area (Å²) in [6, 6.07) is 9.74. The Bertz CT molecular complexity index is 413. The smallest absolute Gasteiger partial charge is 0.0366 e. The van der Waals surface area contributed by atoms with Gasteiger partial charge in [-0.1, -0.05) is 12.1 Å². The monoisotopic (exact) mass is 259 g/mol. The average molecular weight is 259 g/mol. The maximum absolute atomic E-state index is 5.92. The van der Waals surface area contributed by atoms with Gasteiger partial charge in [0.25, 0.3) is 0 Å². The summed E-state index contributed by atoms with van der Waals surface area (Å²) in [5, 5.41) is 0. The molecule has 104 valence electrons. The van der Waals surface area contributed by atoms with E-state index in [1.165, 1.54) is 56.7 Å². The number of benzene rings is 1. The zero-order chi connectivity index (χ0) is 13.2. The van der Waals surface area contributed by atoms with Crippen LogP contribution in [0.5, 0.6) is 0 Å². The summed E-state index contributed by atoms with van der Waals surface area (Å²) >= 11 is 0. The highest BCUT2D eigenvalue weighted by Crippen LogP contribution is 2.25. The van der Waals surface area contributed by atoms with Gasteiger partial charge in [0, 0.05) is 37.4 Å². The molecule has 2 aliphatic heterocycles. The van der Waals surface area contributed by atoms with Gasteiger partial charge in [0.05, 0.1) is 0 Å². The number of fused-ring (bicyclic) bond motifs is 1. The van der Waals surface area contributed by atoms with E-state index in [9.17, 15) is 0 Å². The van der Waals surface area contributed by atoms with Gasteiger partial charge in [0.2, 0.25) is 0 Å². The Morgan fingerprint density at radius 2 is 1.84 bits per heavy atom. The highest BCUT2D eigenvalue weighted by atomic mass is 15.3. The van der Waals surface area contributed by atoms with Crippen molar-refractivity contribution in [1.82, 2.24) is 4.90 Å². The summed E-state index contributed by atoms with van der Waals surface area (Å²) in [5.74, 6) is 0. The topological polar surface area (TPSA) is 32.5 Å². The lowest BCUT2D eigenvalue weighted by molar-refractivity contribution is 0.273. The number of nitrogens with two attached hydrogens (primary N) is 1. The van der Waals surface area contributed by atoms with Crippen LogP contribution in [-0.2, 0) is 0 Å². The van der Waals surface area contributed by atoms with Gasteiger partial charge in [-0.3, -0.25) is 4.90 Å². The molecule has 19 heavy (non-hydrogen) atoms. The maximum Gasteiger partial charge on any atom is 0.0366 e. The Morgan fingerprint density at radius 3 is 2.58 bits per heavy atom. The van der Waals surface area contributed by atoms with E-state index in [-0.39, 0.29) is 6.04 Å². The molecule has 2 unspecified atom stereocenters. The van der Waals surface area contributed by atoms with E-state index in [0.29, 0.717) is 0 Å². The Kier molecular flexibility index (Phi) is 3.76. The molecule has 0 aromatic heterocycles. The van der Waals surface area contributed by atoms with Crippen LogP contribution in [0.3, 0.4) is 0 Å². The lowest BCUT2D eigenvalue weighted by atomic mass is 10.1. The van der Waals surface area contributed by atoms with Crippen molar-refractivity contribution in [3.63, 3.8) is 0 Å². The van der Waals surface area contributed by atoms with E-state index in [0.717, 1.165) is 6.04 Å². The van der Waals surface area contributed by atoms with Crippen molar-refractivity contribution in [1.29, 1.82) is 0 Å². The van der Waals surface area contributed by atoms with Crippen LogP contribution in [0.15, 0.2) is 24.3 Å². The molecular weight excluding hydrogens is 234 g/mol. The molecule has 1 aromatic carbocycles. The number of hydrogen-bond acceptors (Lipinski definition) is 3. The first-order valence-electron chi connectivity index (χ1n) is 7.58. The molecule has 1 aromatic rings. The third-order valence-electron chi connectivity index (χ3n) is 4.59. The summed E-state index contributed by atoms with van der Waals surface area (Å²) < 4.78 is 0. The fourth-order valence-electron chi connectivity index (χ4n) is 3.43. The fourth-order valence-corrected chi connectivity index (χ4v) is 3.43. The second-order valence-corrected chi connectivity index (χ2v) is 6.01. The third-order valence-corrected chi connectivity index (χ3v) is 4.59. The van der Waals surface area contributed by atoms with Gasteiger partial charge in [-0.05, 0) is 50.4 Å². The minimum atomic E-state index is 0.128. The Balaban J connectivity index is 1.73. The molecule has 2 atom stereocenters. The van der Waals surface area contributed by atoms with Gasteiger partial charge < -0.3 is 10.6 Å². The van der Waals surface area contributed by atoms with Crippen LogP contribution in [0.2, 0.25) is 0 Å². The zero-order valence-electron chi connectivity index (χ0n) is 11.9. The molecule has 0 spiro atoms. The van der Waals surface area contributed by atoms with Crippen molar-refractivity contribution >= 4 is 5.69 Å². The number of rotatable bonds is 2. The first-order chi connectivity index (χ1) is 9.24. The molecule has 2 N–H and O–H groups in total. The molecule has 2 heterocycles. The summed E-state index contributed by atoms with van der Waals surface area (Å²) in [7, 11) is 0.